The van der Waals surface area contributed by atoms with Crippen LogP contribution in [-0.2, 0) is 9.53 Å². The van der Waals surface area contributed by atoms with E-state index >= 15 is 0 Å². The number of methoxy groups -OCH3 is 1. The molecule has 3 nitrogen and oxygen atoms in total. The SMILES string of the molecule is COC#CCC12CCC[C@H]1[C@@H]1CCC3=CC(=O)CCC3=C1[C@@H](c1ccc(N(C)C)cc1)C2. The Hall–Kier alpha value is -2.47. The Morgan fingerprint density at radius 3 is 2.69 bits per heavy atom. The van der Waals surface area contributed by atoms with Gasteiger partial charge < -0.3 is 9.64 Å². The molecule has 168 valence electrons. The lowest BCUT2D eigenvalue weighted by Gasteiger charge is -2.52. The Morgan fingerprint density at radius 2 is 1.94 bits per heavy atom. The summed E-state index contributed by atoms with van der Waals surface area (Å²) in [5.41, 5.74) is 7.51. The number of rotatable bonds is 3. The maximum atomic E-state index is 12.2. The van der Waals surface area contributed by atoms with Gasteiger partial charge in [0.05, 0.1) is 7.11 Å². The molecule has 5 rings (SSSR count). The molecule has 2 saturated carbocycles. The molecule has 0 aromatic heterocycles. The fourth-order valence-corrected chi connectivity index (χ4v) is 7.33. The second-order valence-corrected chi connectivity index (χ2v) is 10.5. The van der Waals surface area contributed by atoms with Crippen molar-refractivity contribution in [3.8, 4) is 12.0 Å². The van der Waals surface area contributed by atoms with E-state index < -0.39 is 0 Å². The Morgan fingerprint density at radius 1 is 1.12 bits per heavy atom. The summed E-state index contributed by atoms with van der Waals surface area (Å²) in [5, 5.41) is 0. The summed E-state index contributed by atoms with van der Waals surface area (Å²) in [6.45, 7) is 0. The Kier molecular flexibility index (Phi) is 5.66. The minimum atomic E-state index is 0.289. The van der Waals surface area contributed by atoms with Crippen molar-refractivity contribution >= 4 is 11.5 Å². The van der Waals surface area contributed by atoms with E-state index in [9.17, 15) is 4.79 Å². The van der Waals surface area contributed by atoms with Gasteiger partial charge in [0.2, 0.25) is 0 Å². The summed E-state index contributed by atoms with van der Waals surface area (Å²) in [6, 6.07) is 9.22. The highest BCUT2D eigenvalue weighted by Gasteiger charge is 2.54. The number of allylic oxidation sites excluding steroid dienone is 4. The Balaban J connectivity index is 1.62. The molecular formula is C29H35NO2. The van der Waals surface area contributed by atoms with Crippen LogP contribution in [0.2, 0.25) is 0 Å². The number of benzene rings is 1. The quantitative estimate of drug-likeness (QED) is 0.550. The first-order chi connectivity index (χ1) is 15.5. The van der Waals surface area contributed by atoms with Gasteiger partial charge >= 0.3 is 0 Å². The van der Waals surface area contributed by atoms with Crippen molar-refractivity contribution in [2.24, 2.45) is 17.3 Å². The van der Waals surface area contributed by atoms with Crippen molar-refractivity contribution < 1.29 is 9.53 Å². The van der Waals surface area contributed by atoms with Crippen LogP contribution in [0.1, 0.15) is 69.3 Å². The number of carbonyl (C=O) groups is 1. The average Bonchev–Trinajstić information content (AvgIpc) is 3.22. The van der Waals surface area contributed by atoms with Gasteiger partial charge in [-0.05, 0) is 90.7 Å². The van der Waals surface area contributed by atoms with Crippen molar-refractivity contribution in [3.05, 3.63) is 52.6 Å². The molecule has 32 heavy (non-hydrogen) atoms. The highest BCUT2D eigenvalue weighted by atomic mass is 16.5. The lowest BCUT2D eigenvalue weighted by Crippen LogP contribution is -2.42. The third-order valence-corrected chi connectivity index (χ3v) is 8.69. The highest BCUT2D eigenvalue weighted by molar-refractivity contribution is 5.93. The van der Waals surface area contributed by atoms with E-state index in [1.807, 2.05) is 6.08 Å². The number of ether oxygens (including phenoxy) is 1. The molecule has 3 heteroatoms. The summed E-state index contributed by atoms with van der Waals surface area (Å²) in [7, 11) is 5.86. The number of anilines is 1. The van der Waals surface area contributed by atoms with Gasteiger partial charge in [-0.2, -0.15) is 0 Å². The van der Waals surface area contributed by atoms with Crippen molar-refractivity contribution in [2.45, 2.75) is 63.7 Å². The number of carbonyl (C=O) groups excluding carboxylic acids is 1. The molecule has 4 aliphatic carbocycles. The molecule has 0 aliphatic heterocycles. The van der Waals surface area contributed by atoms with E-state index in [1.54, 1.807) is 12.7 Å². The van der Waals surface area contributed by atoms with Crippen LogP contribution in [0.4, 0.5) is 5.69 Å². The van der Waals surface area contributed by atoms with Crippen LogP contribution in [0.15, 0.2) is 47.1 Å². The Labute approximate surface area is 192 Å². The molecule has 4 atom stereocenters. The molecule has 0 saturated heterocycles. The van der Waals surface area contributed by atoms with Gasteiger partial charge in [0, 0.05) is 38.5 Å². The predicted octanol–water partition coefficient (Wildman–Crippen LogP) is 6.02. The normalized spacial score (nSPS) is 31.0. The Bertz CT molecular complexity index is 1020. The standard InChI is InChI=1S/C29H35NO2/c1-30(2)22-10-7-20(8-11-22)26-19-29(16-5-17-32-3)15-4-6-27(29)25-13-9-21-18-23(31)12-14-24(21)28(25)26/h7-8,10-11,18,25-27H,4,6,9,12-16,19H2,1-3H3/t25-,26+,27-,29?/m0/s1. The summed E-state index contributed by atoms with van der Waals surface area (Å²) in [5.74, 6) is 5.47. The third-order valence-electron chi connectivity index (χ3n) is 8.69. The van der Waals surface area contributed by atoms with Crippen LogP contribution in [-0.4, -0.2) is 27.0 Å². The number of hydrogen-bond donors (Lipinski definition) is 0. The summed E-state index contributed by atoms with van der Waals surface area (Å²) in [4.78, 5) is 14.3. The van der Waals surface area contributed by atoms with E-state index in [4.69, 9.17) is 4.74 Å². The molecule has 1 aromatic carbocycles. The molecule has 0 spiro atoms. The van der Waals surface area contributed by atoms with E-state index in [0.717, 1.165) is 19.3 Å². The lowest BCUT2D eigenvalue weighted by molar-refractivity contribution is -0.114. The zero-order chi connectivity index (χ0) is 22.3. The second-order valence-electron chi connectivity index (χ2n) is 10.5. The molecule has 0 bridgehead atoms. The first kappa shape index (κ1) is 21.4. The van der Waals surface area contributed by atoms with E-state index in [2.05, 4.69) is 55.3 Å². The van der Waals surface area contributed by atoms with Crippen LogP contribution >= 0.6 is 0 Å². The molecule has 0 heterocycles. The average molecular weight is 430 g/mol. The molecular weight excluding hydrogens is 394 g/mol. The van der Waals surface area contributed by atoms with Gasteiger partial charge in [-0.25, -0.2) is 0 Å². The number of nitrogens with zero attached hydrogens (tertiary/aromatic N) is 1. The predicted molar refractivity (Wildman–Crippen MR) is 129 cm³/mol. The fraction of sp³-hybridized carbons (Fsp3) is 0.552. The van der Waals surface area contributed by atoms with Crippen molar-refractivity contribution in [1.82, 2.24) is 0 Å². The zero-order valence-corrected chi connectivity index (χ0v) is 19.7. The molecule has 0 N–H and O–H groups in total. The largest absolute Gasteiger partial charge is 0.450 e. The highest BCUT2D eigenvalue weighted by Crippen LogP contribution is 2.65. The van der Waals surface area contributed by atoms with Crippen LogP contribution in [0, 0.1) is 29.3 Å². The number of hydrogen-bond acceptors (Lipinski definition) is 3. The van der Waals surface area contributed by atoms with Crippen LogP contribution in [0.3, 0.4) is 0 Å². The lowest BCUT2D eigenvalue weighted by atomic mass is 9.52. The van der Waals surface area contributed by atoms with Crippen molar-refractivity contribution in [3.63, 3.8) is 0 Å². The topological polar surface area (TPSA) is 29.5 Å². The molecule has 4 aliphatic rings. The van der Waals surface area contributed by atoms with Gasteiger partial charge in [-0.1, -0.05) is 30.0 Å². The monoisotopic (exact) mass is 429 g/mol. The minimum Gasteiger partial charge on any atom is -0.450 e. The van der Waals surface area contributed by atoms with Crippen molar-refractivity contribution in [2.75, 3.05) is 26.1 Å². The maximum absolute atomic E-state index is 12.2. The summed E-state index contributed by atoms with van der Waals surface area (Å²) < 4.78 is 5.10. The molecule has 2 fully saturated rings. The molecule has 1 unspecified atom stereocenters. The molecule has 0 amide bonds. The van der Waals surface area contributed by atoms with Gasteiger partial charge in [-0.3, -0.25) is 4.79 Å². The van der Waals surface area contributed by atoms with Gasteiger partial charge in [-0.15, -0.1) is 0 Å². The minimum absolute atomic E-state index is 0.289. The maximum Gasteiger partial charge on any atom is 0.156 e. The van der Waals surface area contributed by atoms with Gasteiger partial charge in [0.1, 0.15) is 6.11 Å². The third kappa shape index (κ3) is 3.58. The number of fused-ring (bicyclic) bond motifs is 4. The number of ketones is 1. The van der Waals surface area contributed by atoms with Gasteiger partial charge in [0.25, 0.3) is 0 Å². The van der Waals surface area contributed by atoms with Crippen LogP contribution < -0.4 is 4.90 Å². The van der Waals surface area contributed by atoms with Gasteiger partial charge in [0.15, 0.2) is 5.78 Å². The second kappa shape index (κ2) is 8.47. The first-order valence-electron chi connectivity index (χ1n) is 12.3. The van der Waals surface area contributed by atoms with E-state index in [-0.39, 0.29) is 5.41 Å². The smallest absolute Gasteiger partial charge is 0.156 e. The molecule has 1 aromatic rings. The van der Waals surface area contributed by atoms with Crippen LogP contribution in [0.5, 0.6) is 0 Å². The van der Waals surface area contributed by atoms with Crippen molar-refractivity contribution in [1.29, 1.82) is 0 Å². The summed E-state index contributed by atoms with van der Waals surface area (Å²) in [6.07, 6.45) is 14.8. The summed E-state index contributed by atoms with van der Waals surface area (Å²) >= 11 is 0. The zero-order valence-electron chi connectivity index (χ0n) is 19.7. The molecule has 0 radical (unpaired) electrons. The van der Waals surface area contributed by atoms with Crippen LogP contribution in [0.25, 0.3) is 0 Å². The first-order valence-corrected chi connectivity index (χ1v) is 12.3. The van der Waals surface area contributed by atoms with E-state index in [1.165, 1.54) is 54.5 Å². The fourth-order valence-electron chi connectivity index (χ4n) is 7.33. The van der Waals surface area contributed by atoms with E-state index in [0.29, 0.717) is 30.0 Å².